The molecule has 0 amide bonds. The summed E-state index contributed by atoms with van der Waals surface area (Å²) in [4.78, 5) is 15.7. The van der Waals surface area contributed by atoms with Crippen molar-refractivity contribution in [3.05, 3.63) is 35.6 Å². The van der Waals surface area contributed by atoms with Crippen LogP contribution in [-0.2, 0) is 11.2 Å². The van der Waals surface area contributed by atoms with Crippen molar-refractivity contribution >= 4 is 23.3 Å². The fourth-order valence-corrected chi connectivity index (χ4v) is 4.35. The minimum absolute atomic E-state index is 0.317. The average Bonchev–Trinajstić information content (AvgIpc) is 2.80. The third kappa shape index (κ3) is 3.62. The number of benzene rings is 1. The molecule has 1 aromatic heterocycles. The van der Waals surface area contributed by atoms with E-state index in [2.05, 4.69) is 28.4 Å². The number of rotatable bonds is 3. The molecular formula is C21H27FN6O. The first-order valence-electron chi connectivity index (χ1n) is 10.5. The van der Waals surface area contributed by atoms with E-state index in [9.17, 15) is 0 Å². The second kappa shape index (κ2) is 8.12. The third-order valence-corrected chi connectivity index (χ3v) is 5.88. The lowest BCUT2D eigenvalue weighted by Gasteiger charge is -2.35. The van der Waals surface area contributed by atoms with Gasteiger partial charge in [-0.1, -0.05) is 18.2 Å². The largest absolute Gasteiger partial charge is 0.378 e. The van der Waals surface area contributed by atoms with Gasteiger partial charge in [0, 0.05) is 51.5 Å². The number of piperazine rings is 1. The summed E-state index contributed by atoms with van der Waals surface area (Å²) in [6.45, 7) is 6.46. The fraction of sp³-hybridized carbons (Fsp3) is 0.524. The van der Waals surface area contributed by atoms with Gasteiger partial charge in [-0.2, -0.15) is 14.4 Å². The molecule has 3 aliphatic rings. The summed E-state index contributed by atoms with van der Waals surface area (Å²) in [5.74, 6) is 1.09. The molecule has 2 fully saturated rings. The highest BCUT2D eigenvalue weighted by Gasteiger charge is 2.28. The summed E-state index contributed by atoms with van der Waals surface area (Å²) >= 11 is 0. The number of aryl methyl sites for hydroxylation is 1. The van der Waals surface area contributed by atoms with E-state index in [1.54, 1.807) is 0 Å². The average molecular weight is 398 g/mol. The lowest BCUT2D eigenvalue weighted by molar-refractivity contribution is 0.122. The molecule has 0 aliphatic carbocycles. The maximum atomic E-state index is 15.6. The van der Waals surface area contributed by atoms with E-state index in [0.29, 0.717) is 43.9 Å². The van der Waals surface area contributed by atoms with Crippen LogP contribution in [-0.4, -0.2) is 69.0 Å². The molecule has 0 radical (unpaired) electrons. The van der Waals surface area contributed by atoms with Crippen LogP contribution in [0.1, 0.15) is 12.0 Å². The van der Waals surface area contributed by atoms with Crippen molar-refractivity contribution in [3.8, 4) is 0 Å². The smallest absolute Gasteiger partial charge is 0.234 e. The van der Waals surface area contributed by atoms with E-state index >= 15 is 4.39 Å². The molecule has 8 heteroatoms. The number of para-hydroxylation sites is 1. The summed E-state index contributed by atoms with van der Waals surface area (Å²) in [5.41, 5.74) is 2.42. The molecule has 0 saturated carbocycles. The number of nitrogens with one attached hydrogen (secondary N) is 1. The van der Waals surface area contributed by atoms with Gasteiger partial charge >= 0.3 is 0 Å². The lowest BCUT2D eigenvalue weighted by Crippen LogP contribution is -2.45. The Morgan fingerprint density at radius 1 is 0.897 bits per heavy atom. The summed E-state index contributed by atoms with van der Waals surface area (Å²) in [6, 6.07) is 8.38. The van der Waals surface area contributed by atoms with E-state index in [4.69, 9.17) is 14.7 Å². The molecule has 0 spiro atoms. The van der Waals surface area contributed by atoms with Crippen molar-refractivity contribution < 1.29 is 9.13 Å². The van der Waals surface area contributed by atoms with E-state index < -0.39 is 0 Å². The Bertz CT molecular complexity index is 827. The van der Waals surface area contributed by atoms with Crippen molar-refractivity contribution in [3.63, 3.8) is 0 Å². The quantitative estimate of drug-likeness (QED) is 0.848. The van der Waals surface area contributed by atoms with Crippen molar-refractivity contribution in [2.24, 2.45) is 0 Å². The highest BCUT2D eigenvalue weighted by Crippen LogP contribution is 2.35. The molecule has 1 N–H and O–H groups in total. The predicted octanol–water partition coefficient (Wildman–Crippen LogP) is 1.95. The maximum Gasteiger partial charge on any atom is 0.234 e. The standard InChI is InChI=1S/C21H27FN6O/c22-18-19(26-10-7-23-8-11-26)24-21(25-20(18)27-12-14-29-15-13-27)28-9-3-5-16-4-1-2-6-17(16)28/h1-2,4,6,23H,3,5,7-15H2. The van der Waals surface area contributed by atoms with Gasteiger partial charge in [0.05, 0.1) is 13.2 Å². The van der Waals surface area contributed by atoms with Gasteiger partial charge in [0.25, 0.3) is 0 Å². The second-order valence-corrected chi connectivity index (χ2v) is 7.71. The van der Waals surface area contributed by atoms with Gasteiger partial charge in [0.2, 0.25) is 11.8 Å². The molecular weight excluding hydrogens is 371 g/mol. The maximum absolute atomic E-state index is 15.6. The lowest BCUT2D eigenvalue weighted by atomic mass is 10.0. The molecule has 0 atom stereocenters. The molecule has 0 unspecified atom stereocenters. The molecule has 29 heavy (non-hydrogen) atoms. The number of fused-ring (bicyclic) bond motifs is 1. The zero-order valence-corrected chi connectivity index (χ0v) is 16.6. The number of nitrogens with zero attached hydrogens (tertiary/aromatic N) is 5. The van der Waals surface area contributed by atoms with Crippen LogP contribution < -0.4 is 20.0 Å². The number of morpholine rings is 1. The van der Waals surface area contributed by atoms with Crippen LogP contribution >= 0.6 is 0 Å². The Kier molecular flexibility index (Phi) is 5.20. The first-order valence-corrected chi connectivity index (χ1v) is 10.5. The Morgan fingerprint density at radius 2 is 1.59 bits per heavy atom. The Hall–Kier alpha value is -2.45. The molecule has 0 bridgehead atoms. The van der Waals surface area contributed by atoms with Crippen LogP contribution in [0.15, 0.2) is 24.3 Å². The van der Waals surface area contributed by atoms with Gasteiger partial charge in [-0.15, -0.1) is 0 Å². The summed E-state index contributed by atoms with van der Waals surface area (Å²) in [5, 5.41) is 3.33. The van der Waals surface area contributed by atoms with Crippen LogP contribution in [0.25, 0.3) is 0 Å². The summed E-state index contributed by atoms with van der Waals surface area (Å²) < 4.78 is 21.1. The molecule has 2 saturated heterocycles. The predicted molar refractivity (Wildman–Crippen MR) is 112 cm³/mol. The van der Waals surface area contributed by atoms with Crippen LogP contribution in [0.3, 0.4) is 0 Å². The number of hydrogen-bond acceptors (Lipinski definition) is 7. The van der Waals surface area contributed by atoms with E-state index in [1.165, 1.54) is 5.56 Å². The third-order valence-electron chi connectivity index (χ3n) is 5.88. The van der Waals surface area contributed by atoms with E-state index in [0.717, 1.165) is 51.3 Å². The summed E-state index contributed by atoms with van der Waals surface area (Å²) in [7, 11) is 0. The highest BCUT2D eigenvalue weighted by molar-refractivity contribution is 5.67. The first-order chi connectivity index (χ1) is 14.3. The zero-order valence-electron chi connectivity index (χ0n) is 16.6. The molecule has 3 aliphatic heterocycles. The van der Waals surface area contributed by atoms with Crippen LogP contribution in [0.4, 0.5) is 27.7 Å². The van der Waals surface area contributed by atoms with E-state index in [1.807, 2.05) is 15.9 Å². The van der Waals surface area contributed by atoms with Gasteiger partial charge in [-0.05, 0) is 24.5 Å². The van der Waals surface area contributed by atoms with Gasteiger partial charge < -0.3 is 24.8 Å². The minimum Gasteiger partial charge on any atom is -0.378 e. The van der Waals surface area contributed by atoms with E-state index in [-0.39, 0.29) is 5.82 Å². The Morgan fingerprint density at radius 3 is 2.34 bits per heavy atom. The monoisotopic (exact) mass is 398 g/mol. The normalized spacial score (nSPS) is 20.0. The Labute approximate surface area is 170 Å². The molecule has 2 aromatic rings. The SMILES string of the molecule is Fc1c(N2CCNCC2)nc(N2CCCc3ccccc32)nc1N1CCOCC1. The topological polar surface area (TPSA) is 56.8 Å². The van der Waals surface area contributed by atoms with Gasteiger partial charge in [-0.3, -0.25) is 0 Å². The Balaban J connectivity index is 1.59. The minimum atomic E-state index is -0.317. The number of hydrogen-bond donors (Lipinski definition) is 1. The van der Waals surface area contributed by atoms with Crippen LogP contribution in [0, 0.1) is 5.82 Å². The van der Waals surface area contributed by atoms with Crippen molar-refractivity contribution in [2.45, 2.75) is 12.8 Å². The van der Waals surface area contributed by atoms with Gasteiger partial charge in [0.15, 0.2) is 11.6 Å². The van der Waals surface area contributed by atoms with Gasteiger partial charge in [-0.25, -0.2) is 0 Å². The number of halogens is 1. The summed E-state index contributed by atoms with van der Waals surface area (Å²) in [6.07, 6.45) is 2.09. The molecule has 154 valence electrons. The molecule has 1 aromatic carbocycles. The molecule has 5 rings (SSSR count). The van der Waals surface area contributed by atoms with Crippen LogP contribution in [0.5, 0.6) is 0 Å². The fourth-order valence-electron chi connectivity index (χ4n) is 4.35. The molecule has 4 heterocycles. The number of anilines is 4. The van der Waals surface area contributed by atoms with Crippen molar-refractivity contribution in [2.75, 3.05) is 73.7 Å². The number of ether oxygens (including phenoxy) is 1. The van der Waals surface area contributed by atoms with Crippen molar-refractivity contribution in [1.29, 1.82) is 0 Å². The second-order valence-electron chi connectivity index (χ2n) is 7.71. The van der Waals surface area contributed by atoms with Crippen LogP contribution in [0.2, 0.25) is 0 Å². The highest BCUT2D eigenvalue weighted by atomic mass is 19.1. The zero-order chi connectivity index (χ0) is 19.6. The van der Waals surface area contributed by atoms with Crippen molar-refractivity contribution in [1.82, 2.24) is 15.3 Å². The molecule has 7 nitrogen and oxygen atoms in total. The first kappa shape index (κ1) is 18.6. The van der Waals surface area contributed by atoms with Gasteiger partial charge in [0.1, 0.15) is 0 Å². The number of aromatic nitrogens is 2.